The summed E-state index contributed by atoms with van der Waals surface area (Å²) >= 11 is 3.39. The number of carbonyl (C=O) groups is 1. The number of hydrogen-bond acceptors (Lipinski definition) is 1. The number of nitrogens with one attached hydrogen (secondary N) is 1. The summed E-state index contributed by atoms with van der Waals surface area (Å²) in [6, 6.07) is 8.12. The molecule has 2 rings (SSSR count). The van der Waals surface area contributed by atoms with Gasteiger partial charge in [0.25, 0.3) is 0 Å². The highest BCUT2D eigenvalue weighted by Gasteiger charge is 2.25. The van der Waals surface area contributed by atoms with Gasteiger partial charge in [-0.15, -0.1) is 0 Å². The largest absolute Gasteiger partial charge is 0.322 e. The van der Waals surface area contributed by atoms with E-state index in [0.717, 1.165) is 36.0 Å². The van der Waals surface area contributed by atoms with Gasteiger partial charge in [0.15, 0.2) is 0 Å². The van der Waals surface area contributed by atoms with Crippen molar-refractivity contribution in [2.45, 2.75) is 38.6 Å². The molecule has 0 aromatic heterocycles. The molecule has 1 aliphatic rings. The van der Waals surface area contributed by atoms with Crippen molar-refractivity contribution in [1.29, 1.82) is 0 Å². The van der Waals surface area contributed by atoms with Crippen LogP contribution in [0.2, 0.25) is 0 Å². The van der Waals surface area contributed by atoms with E-state index < -0.39 is 0 Å². The van der Waals surface area contributed by atoms with Gasteiger partial charge in [-0.3, -0.25) is 0 Å². The van der Waals surface area contributed by atoms with E-state index >= 15 is 0 Å². The average molecular weight is 311 g/mol. The first-order valence-electron chi connectivity index (χ1n) is 6.54. The van der Waals surface area contributed by atoms with E-state index in [1.54, 1.807) is 0 Å². The lowest BCUT2D eigenvalue weighted by atomic mass is 10.0. The maximum atomic E-state index is 12.2. The fourth-order valence-electron chi connectivity index (χ4n) is 2.42. The molecule has 1 unspecified atom stereocenters. The Morgan fingerprint density at radius 2 is 2.11 bits per heavy atom. The second-order valence-corrected chi connectivity index (χ2v) is 5.60. The number of benzene rings is 1. The first-order valence-corrected chi connectivity index (χ1v) is 7.33. The van der Waals surface area contributed by atoms with Gasteiger partial charge in [0, 0.05) is 22.7 Å². The molecule has 98 valence electrons. The molecule has 1 aromatic carbocycles. The molecule has 0 spiro atoms. The fraction of sp³-hybridized carbons (Fsp3) is 0.500. The lowest BCUT2D eigenvalue weighted by molar-refractivity contribution is 0.160. The molecule has 0 saturated carbocycles. The molecule has 0 aliphatic carbocycles. The smallest absolute Gasteiger partial charge is 0.322 e. The summed E-state index contributed by atoms with van der Waals surface area (Å²) < 4.78 is 1.02. The third-order valence-electron chi connectivity index (χ3n) is 3.45. The molecular weight excluding hydrogens is 292 g/mol. The monoisotopic (exact) mass is 310 g/mol. The highest BCUT2D eigenvalue weighted by molar-refractivity contribution is 9.10. The van der Waals surface area contributed by atoms with Crippen LogP contribution in [-0.2, 0) is 0 Å². The molecule has 1 heterocycles. The molecule has 1 atom stereocenters. The number of halogens is 1. The summed E-state index contributed by atoms with van der Waals surface area (Å²) in [6.45, 7) is 3.02. The van der Waals surface area contributed by atoms with E-state index in [-0.39, 0.29) is 6.03 Å². The summed E-state index contributed by atoms with van der Waals surface area (Å²) in [4.78, 5) is 14.2. The number of hydrogen-bond donors (Lipinski definition) is 1. The molecule has 18 heavy (non-hydrogen) atoms. The van der Waals surface area contributed by atoms with Crippen molar-refractivity contribution < 1.29 is 4.79 Å². The van der Waals surface area contributed by atoms with E-state index in [1.807, 2.05) is 29.2 Å². The van der Waals surface area contributed by atoms with Gasteiger partial charge in [0.05, 0.1) is 0 Å². The SMILES string of the molecule is CCC1CCCCN1C(=O)Nc1ccc(Br)cc1. The van der Waals surface area contributed by atoms with E-state index in [0.29, 0.717) is 6.04 Å². The van der Waals surface area contributed by atoms with Crippen molar-refractivity contribution in [3.8, 4) is 0 Å². The minimum Gasteiger partial charge on any atom is -0.322 e. The Morgan fingerprint density at radius 1 is 1.39 bits per heavy atom. The van der Waals surface area contributed by atoms with Gasteiger partial charge in [0.2, 0.25) is 0 Å². The highest BCUT2D eigenvalue weighted by Crippen LogP contribution is 2.21. The van der Waals surface area contributed by atoms with Gasteiger partial charge in [-0.2, -0.15) is 0 Å². The molecule has 1 aliphatic heterocycles. The van der Waals surface area contributed by atoms with Crippen LogP contribution < -0.4 is 5.32 Å². The van der Waals surface area contributed by atoms with E-state index in [2.05, 4.69) is 28.2 Å². The number of likely N-dealkylation sites (tertiary alicyclic amines) is 1. The first-order chi connectivity index (χ1) is 8.70. The van der Waals surface area contributed by atoms with E-state index in [9.17, 15) is 4.79 Å². The van der Waals surface area contributed by atoms with Gasteiger partial charge >= 0.3 is 6.03 Å². The van der Waals surface area contributed by atoms with Gasteiger partial charge in [-0.25, -0.2) is 4.79 Å². The van der Waals surface area contributed by atoms with Crippen LogP contribution in [0.15, 0.2) is 28.7 Å². The standard InChI is InChI=1S/C14H19BrN2O/c1-2-13-5-3-4-10-17(13)14(18)16-12-8-6-11(15)7-9-12/h6-9,13H,2-5,10H2,1H3,(H,16,18). The summed E-state index contributed by atoms with van der Waals surface area (Å²) in [5.74, 6) is 0. The molecule has 1 N–H and O–H groups in total. The Balaban J connectivity index is 2.00. The maximum Gasteiger partial charge on any atom is 0.322 e. The number of amides is 2. The zero-order valence-electron chi connectivity index (χ0n) is 10.7. The van der Waals surface area contributed by atoms with Crippen LogP contribution in [-0.4, -0.2) is 23.5 Å². The highest BCUT2D eigenvalue weighted by atomic mass is 79.9. The zero-order chi connectivity index (χ0) is 13.0. The molecular formula is C14H19BrN2O. The number of carbonyl (C=O) groups excluding carboxylic acids is 1. The Bertz CT molecular complexity index is 405. The second kappa shape index (κ2) is 6.23. The van der Waals surface area contributed by atoms with E-state index in [4.69, 9.17) is 0 Å². The van der Waals surface area contributed by atoms with Gasteiger partial charge in [-0.05, 0) is 49.9 Å². The topological polar surface area (TPSA) is 32.3 Å². The Kier molecular flexibility index (Phi) is 4.64. The van der Waals surface area contributed by atoms with Crippen LogP contribution >= 0.6 is 15.9 Å². The van der Waals surface area contributed by atoms with Crippen molar-refractivity contribution in [2.24, 2.45) is 0 Å². The molecule has 3 nitrogen and oxygen atoms in total. The normalized spacial score (nSPS) is 19.7. The molecule has 2 amide bonds. The third kappa shape index (κ3) is 3.25. The summed E-state index contributed by atoms with van der Waals surface area (Å²) in [5.41, 5.74) is 0.851. The second-order valence-electron chi connectivity index (χ2n) is 4.69. The van der Waals surface area contributed by atoms with Crippen LogP contribution in [0.5, 0.6) is 0 Å². The molecule has 0 radical (unpaired) electrons. The number of piperidine rings is 1. The average Bonchev–Trinajstić information content (AvgIpc) is 2.41. The summed E-state index contributed by atoms with van der Waals surface area (Å²) in [6.07, 6.45) is 4.52. The minimum absolute atomic E-state index is 0.0314. The Hall–Kier alpha value is -1.03. The maximum absolute atomic E-state index is 12.2. The Labute approximate surface area is 117 Å². The summed E-state index contributed by atoms with van der Waals surface area (Å²) in [5, 5.41) is 2.97. The minimum atomic E-state index is 0.0314. The predicted octanol–water partition coefficient (Wildman–Crippen LogP) is 4.25. The number of anilines is 1. The van der Waals surface area contributed by atoms with Crippen LogP contribution in [0.1, 0.15) is 32.6 Å². The van der Waals surface area contributed by atoms with E-state index in [1.165, 1.54) is 6.42 Å². The van der Waals surface area contributed by atoms with Crippen molar-refractivity contribution in [3.63, 3.8) is 0 Å². The molecule has 1 aromatic rings. The zero-order valence-corrected chi connectivity index (χ0v) is 12.2. The Morgan fingerprint density at radius 3 is 2.78 bits per heavy atom. The van der Waals surface area contributed by atoms with Crippen LogP contribution in [0.25, 0.3) is 0 Å². The molecule has 1 saturated heterocycles. The lowest BCUT2D eigenvalue weighted by Gasteiger charge is -2.35. The third-order valence-corrected chi connectivity index (χ3v) is 3.98. The number of nitrogens with zero attached hydrogens (tertiary/aromatic N) is 1. The quantitative estimate of drug-likeness (QED) is 0.870. The van der Waals surface area contributed by atoms with Crippen LogP contribution in [0, 0.1) is 0 Å². The van der Waals surface area contributed by atoms with Crippen LogP contribution in [0.3, 0.4) is 0 Å². The number of urea groups is 1. The van der Waals surface area contributed by atoms with Gasteiger partial charge < -0.3 is 10.2 Å². The van der Waals surface area contributed by atoms with Crippen molar-refractivity contribution in [3.05, 3.63) is 28.7 Å². The van der Waals surface area contributed by atoms with Crippen molar-refractivity contribution >= 4 is 27.6 Å². The summed E-state index contributed by atoms with van der Waals surface area (Å²) in [7, 11) is 0. The number of rotatable bonds is 2. The first kappa shape index (κ1) is 13.4. The predicted molar refractivity (Wildman–Crippen MR) is 77.8 cm³/mol. The van der Waals surface area contributed by atoms with Gasteiger partial charge in [0.1, 0.15) is 0 Å². The molecule has 4 heteroatoms. The molecule has 1 fully saturated rings. The van der Waals surface area contributed by atoms with Crippen molar-refractivity contribution in [1.82, 2.24) is 4.90 Å². The van der Waals surface area contributed by atoms with Crippen molar-refractivity contribution in [2.75, 3.05) is 11.9 Å². The molecule has 0 bridgehead atoms. The lowest BCUT2D eigenvalue weighted by Crippen LogP contribution is -2.45. The van der Waals surface area contributed by atoms with Crippen LogP contribution in [0.4, 0.5) is 10.5 Å². The fourth-order valence-corrected chi connectivity index (χ4v) is 2.69. The van der Waals surface area contributed by atoms with Gasteiger partial charge in [-0.1, -0.05) is 22.9 Å².